The van der Waals surface area contributed by atoms with Gasteiger partial charge in [0.05, 0.1) is 5.92 Å². The molecular weight excluding hydrogens is 270 g/mol. The smallest absolute Gasteiger partial charge is 0.328 e. The summed E-state index contributed by atoms with van der Waals surface area (Å²) in [4.78, 5) is 16.3. The largest absolute Gasteiger partial charge is 0.373 e. The van der Waals surface area contributed by atoms with Gasteiger partial charge in [0.1, 0.15) is 0 Å². The number of thiophene rings is 1. The first kappa shape index (κ1) is 13.3. The predicted octanol–water partition coefficient (Wildman–Crippen LogP) is 3.50. The Labute approximate surface area is 122 Å². The number of hydrogen-bond acceptors (Lipinski definition) is 4. The summed E-state index contributed by atoms with van der Waals surface area (Å²) in [5.74, 6) is 4.84. The van der Waals surface area contributed by atoms with Crippen LogP contribution in [0, 0.1) is 5.92 Å². The molecule has 1 aliphatic carbocycles. The highest BCUT2D eigenvalue weighted by Gasteiger charge is 2.37. The van der Waals surface area contributed by atoms with Gasteiger partial charge in [-0.05, 0) is 57.8 Å². The van der Waals surface area contributed by atoms with Gasteiger partial charge in [-0.25, -0.2) is 0 Å². The van der Waals surface area contributed by atoms with Crippen molar-refractivity contribution in [3.63, 3.8) is 0 Å². The Morgan fingerprint density at radius 3 is 2.90 bits per heavy atom. The lowest BCUT2D eigenvalue weighted by Crippen LogP contribution is -2.24. The van der Waals surface area contributed by atoms with Crippen LogP contribution in [0.1, 0.15) is 30.4 Å². The minimum Gasteiger partial charge on any atom is -0.373 e. The third-order valence-corrected chi connectivity index (χ3v) is 4.86. The maximum Gasteiger partial charge on any atom is 0.328 e. The van der Waals surface area contributed by atoms with Crippen molar-refractivity contribution in [1.29, 1.82) is 0 Å². The molecule has 0 radical (unpaired) electrons. The minimum absolute atomic E-state index is 0.141. The molecule has 3 nitrogen and oxygen atoms in total. The molecule has 2 N–H and O–H groups in total. The van der Waals surface area contributed by atoms with Gasteiger partial charge in [0.25, 0.3) is 0 Å². The average Bonchev–Trinajstić information content (AvgIpc) is 3.12. The number of rotatable bonds is 3. The highest BCUT2D eigenvalue weighted by Crippen LogP contribution is 2.42. The molecule has 1 heterocycles. The number of fused-ring (bicyclic) bond motifs is 1. The van der Waals surface area contributed by atoms with Crippen LogP contribution in [0.2, 0.25) is 0 Å². The molecule has 2 aromatic rings. The SMILES string of the molecule is CCC1c2ccc(-c3ccsc3)cc2CC1C(=O)ON. The number of nitrogens with two attached hydrogens (primary N) is 1. The van der Waals surface area contributed by atoms with Gasteiger partial charge in [-0.2, -0.15) is 17.2 Å². The molecule has 0 fully saturated rings. The summed E-state index contributed by atoms with van der Waals surface area (Å²) in [5, 5.41) is 4.21. The number of benzene rings is 1. The maximum absolute atomic E-state index is 11.8. The van der Waals surface area contributed by atoms with E-state index in [0.717, 1.165) is 12.8 Å². The zero-order chi connectivity index (χ0) is 14.1. The van der Waals surface area contributed by atoms with Crippen molar-refractivity contribution in [2.45, 2.75) is 25.7 Å². The summed E-state index contributed by atoms with van der Waals surface area (Å²) in [5.41, 5.74) is 4.95. The van der Waals surface area contributed by atoms with Crippen molar-refractivity contribution in [3.05, 3.63) is 46.2 Å². The van der Waals surface area contributed by atoms with Gasteiger partial charge in [-0.15, -0.1) is 0 Å². The summed E-state index contributed by atoms with van der Waals surface area (Å²) < 4.78 is 0. The molecule has 104 valence electrons. The Kier molecular flexibility index (Phi) is 3.59. The Hall–Kier alpha value is -1.65. The lowest BCUT2D eigenvalue weighted by atomic mass is 9.90. The quantitative estimate of drug-likeness (QED) is 0.879. The third kappa shape index (κ3) is 2.15. The van der Waals surface area contributed by atoms with Crippen molar-refractivity contribution in [1.82, 2.24) is 0 Å². The molecule has 3 rings (SSSR count). The summed E-state index contributed by atoms with van der Waals surface area (Å²) in [7, 11) is 0. The van der Waals surface area contributed by atoms with Crippen molar-refractivity contribution < 1.29 is 9.63 Å². The molecule has 0 aliphatic heterocycles. The zero-order valence-corrected chi connectivity index (χ0v) is 12.2. The molecule has 0 spiro atoms. The Balaban J connectivity index is 1.97. The van der Waals surface area contributed by atoms with Gasteiger partial charge in [-0.1, -0.05) is 25.1 Å². The van der Waals surface area contributed by atoms with Gasteiger partial charge in [0, 0.05) is 0 Å². The molecule has 0 amide bonds. The predicted molar refractivity (Wildman–Crippen MR) is 80.3 cm³/mol. The highest BCUT2D eigenvalue weighted by atomic mass is 32.1. The number of hydrogen-bond donors (Lipinski definition) is 1. The minimum atomic E-state index is -0.301. The van der Waals surface area contributed by atoms with E-state index < -0.39 is 0 Å². The van der Waals surface area contributed by atoms with E-state index in [9.17, 15) is 4.79 Å². The Morgan fingerprint density at radius 2 is 2.25 bits per heavy atom. The molecule has 20 heavy (non-hydrogen) atoms. The maximum atomic E-state index is 11.8. The van der Waals surface area contributed by atoms with Gasteiger partial charge in [-0.3, -0.25) is 4.79 Å². The number of carbonyl (C=O) groups is 1. The first-order chi connectivity index (χ1) is 9.74. The third-order valence-electron chi connectivity index (χ3n) is 4.18. The van der Waals surface area contributed by atoms with Crippen LogP contribution in [-0.2, 0) is 16.1 Å². The summed E-state index contributed by atoms with van der Waals surface area (Å²) in [6.07, 6.45) is 1.65. The molecule has 1 aromatic carbocycles. The van der Waals surface area contributed by atoms with Crippen LogP contribution in [0.3, 0.4) is 0 Å². The molecular formula is C16H17NO2S. The van der Waals surface area contributed by atoms with Gasteiger partial charge in [0.2, 0.25) is 0 Å². The van der Waals surface area contributed by atoms with Gasteiger partial charge in [0.15, 0.2) is 0 Å². The van der Waals surface area contributed by atoms with Crippen LogP contribution in [0.4, 0.5) is 0 Å². The first-order valence-corrected chi connectivity index (χ1v) is 7.74. The van der Waals surface area contributed by atoms with Crippen LogP contribution < -0.4 is 5.90 Å². The van der Waals surface area contributed by atoms with E-state index in [1.165, 1.54) is 22.3 Å². The fourth-order valence-electron chi connectivity index (χ4n) is 3.19. The fraction of sp³-hybridized carbons (Fsp3) is 0.312. The zero-order valence-electron chi connectivity index (χ0n) is 11.3. The van der Waals surface area contributed by atoms with Crippen molar-refractivity contribution in [3.8, 4) is 11.1 Å². The molecule has 0 saturated heterocycles. The highest BCUT2D eigenvalue weighted by molar-refractivity contribution is 7.08. The van der Waals surface area contributed by atoms with E-state index in [4.69, 9.17) is 5.90 Å². The number of carbonyl (C=O) groups excluding carboxylic acids is 1. The first-order valence-electron chi connectivity index (χ1n) is 6.80. The molecule has 2 unspecified atom stereocenters. The van der Waals surface area contributed by atoms with Crippen molar-refractivity contribution in [2.75, 3.05) is 0 Å². The standard InChI is InChI=1S/C16H17NO2S/c1-2-13-14-4-3-10(11-5-6-20-9-11)7-12(14)8-15(13)16(18)19-17/h3-7,9,13,15H,2,8,17H2,1H3. The normalized spacial score (nSPS) is 20.7. The van der Waals surface area contributed by atoms with E-state index in [1.807, 2.05) is 0 Å². The molecule has 2 atom stereocenters. The lowest BCUT2D eigenvalue weighted by molar-refractivity contribution is -0.149. The van der Waals surface area contributed by atoms with Crippen LogP contribution in [0.15, 0.2) is 35.0 Å². The van der Waals surface area contributed by atoms with E-state index in [1.54, 1.807) is 11.3 Å². The second-order valence-electron chi connectivity index (χ2n) is 5.19. The average molecular weight is 287 g/mol. The van der Waals surface area contributed by atoms with Crippen LogP contribution in [0.25, 0.3) is 11.1 Å². The second kappa shape index (κ2) is 5.38. The summed E-state index contributed by atoms with van der Waals surface area (Å²) in [6.45, 7) is 2.10. The Bertz CT molecular complexity index is 621. The van der Waals surface area contributed by atoms with Crippen molar-refractivity contribution in [2.24, 2.45) is 11.8 Å². The van der Waals surface area contributed by atoms with Crippen LogP contribution in [-0.4, -0.2) is 5.97 Å². The van der Waals surface area contributed by atoms with Crippen LogP contribution >= 0.6 is 11.3 Å². The summed E-state index contributed by atoms with van der Waals surface area (Å²) in [6, 6.07) is 8.61. The van der Waals surface area contributed by atoms with E-state index in [2.05, 4.69) is 46.8 Å². The van der Waals surface area contributed by atoms with Gasteiger partial charge < -0.3 is 4.84 Å². The lowest BCUT2D eigenvalue weighted by Gasteiger charge is -2.15. The molecule has 4 heteroatoms. The summed E-state index contributed by atoms with van der Waals surface area (Å²) >= 11 is 1.69. The molecule has 0 saturated carbocycles. The van der Waals surface area contributed by atoms with E-state index in [-0.39, 0.29) is 17.8 Å². The molecule has 1 aromatic heterocycles. The Morgan fingerprint density at radius 1 is 1.40 bits per heavy atom. The van der Waals surface area contributed by atoms with Crippen LogP contribution in [0.5, 0.6) is 0 Å². The second-order valence-corrected chi connectivity index (χ2v) is 5.97. The van der Waals surface area contributed by atoms with E-state index >= 15 is 0 Å². The molecule has 0 bridgehead atoms. The monoisotopic (exact) mass is 287 g/mol. The fourth-order valence-corrected chi connectivity index (χ4v) is 3.85. The van der Waals surface area contributed by atoms with Gasteiger partial charge >= 0.3 is 5.97 Å². The van der Waals surface area contributed by atoms with E-state index in [0.29, 0.717) is 0 Å². The van der Waals surface area contributed by atoms with Crippen molar-refractivity contribution >= 4 is 17.3 Å². The molecule has 1 aliphatic rings. The topological polar surface area (TPSA) is 52.3 Å².